The fraction of sp³-hybridized carbons (Fsp3) is 0.133. The van der Waals surface area contributed by atoms with Crippen molar-refractivity contribution >= 4 is 34.8 Å². The van der Waals surface area contributed by atoms with E-state index in [1.54, 1.807) is 37.4 Å². The summed E-state index contributed by atoms with van der Waals surface area (Å²) in [5, 5.41) is 6.06. The van der Waals surface area contributed by atoms with Crippen molar-refractivity contribution in [1.82, 2.24) is 5.32 Å². The Balaban J connectivity index is 2.19. The summed E-state index contributed by atoms with van der Waals surface area (Å²) in [5.74, 6) is -0.686. The predicted molar refractivity (Wildman–Crippen MR) is 83.6 cm³/mol. The molecule has 0 saturated carbocycles. The van der Waals surface area contributed by atoms with Crippen LogP contribution in [0.3, 0.4) is 0 Å². The molecule has 0 radical (unpaired) electrons. The minimum absolute atomic E-state index is 0.0690. The highest BCUT2D eigenvalue weighted by Gasteiger charge is 2.09. The number of rotatable bonds is 4. The topological polar surface area (TPSA) is 41.1 Å². The Kier molecular flexibility index (Phi) is 5.04. The van der Waals surface area contributed by atoms with E-state index in [4.69, 9.17) is 23.2 Å². The van der Waals surface area contributed by atoms with Crippen LogP contribution in [0.25, 0.3) is 0 Å². The summed E-state index contributed by atoms with van der Waals surface area (Å²) in [7, 11) is 1.55. The molecular weight excluding hydrogens is 314 g/mol. The van der Waals surface area contributed by atoms with Crippen LogP contribution in [0.5, 0.6) is 0 Å². The van der Waals surface area contributed by atoms with Gasteiger partial charge in [-0.2, -0.15) is 0 Å². The molecule has 0 aliphatic rings. The summed E-state index contributed by atoms with van der Waals surface area (Å²) >= 11 is 11.8. The number of nitrogens with one attached hydrogen (secondary N) is 2. The Hall–Kier alpha value is -1.78. The van der Waals surface area contributed by atoms with Crippen LogP contribution in [0.2, 0.25) is 10.0 Å². The second-order valence-corrected chi connectivity index (χ2v) is 5.15. The zero-order chi connectivity index (χ0) is 15.4. The van der Waals surface area contributed by atoms with Crippen LogP contribution in [-0.2, 0) is 6.54 Å². The molecule has 3 nitrogen and oxygen atoms in total. The number of halogens is 3. The Morgan fingerprint density at radius 1 is 1.19 bits per heavy atom. The predicted octanol–water partition coefficient (Wildman–Crippen LogP) is 4.10. The third-order valence-corrected chi connectivity index (χ3v) is 3.58. The minimum Gasteiger partial charge on any atom is -0.380 e. The van der Waals surface area contributed by atoms with Gasteiger partial charge in [-0.05, 0) is 24.3 Å². The Morgan fingerprint density at radius 2 is 1.95 bits per heavy atom. The van der Waals surface area contributed by atoms with Crippen molar-refractivity contribution < 1.29 is 9.18 Å². The maximum Gasteiger partial charge on any atom is 0.251 e. The number of carbonyl (C=O) groups is 1. The van der Waals surface area contributed by atoms with E-state index in [0.717, 1.165) is 0 Å². The monoisotopic (exact) mass is 326 g/mol. The molecule has 2 aromatic rings. The lowest BCUT2D eigenvalue weighted by molar-refractivity contribution is 0.0963. The van der Waals surface area contributed by atoms with Crippen molar-refractivity contribution in [3.8, 4) is 0 Å². The molecule has 0 aromatic heterocycles. The molecule has 21 heavy (non-hydrogen) atoms. The first-order valence-electron chi connectivity index (χ1n) is 6.21. The quantitative estimate of drug-likeness (QED) is 0.887. The summed E-state index contributed by atoms with van der Waals surface area (Å²) < 4.78 is 13.8. The smallest absolute Gasteiger partial charge is 0.251 e. The van der Waals surface area contributed by atoms with E-state index in [9.17, 15) is 9.18 Å². The average molecular weight is 327 g/mol. The molecule has 0 bridgehead atoms. The highest BCUT2D eigenvalue weighted by molar-refractivity contribution is 6.33. The van der Waals surface area contributed by atoms with Gasteiger partial charge < -0.3 is 10.6 Å². The molecule has 2 rings (SSSR count). The van der Waals surface area contributed by atoms with Crippen LogP contribution in [0.1, 0.15) is 15.9 Å². The third kappa shape index (κ3) is 3.65. The van der Waals surface area contributed by atoms with Crippen molar-refractivity contribution in [2.45, 2.75) is 6.54 Å². The first kappa shape index (κ1) is 15.6. The second-order valence-electron chi connectivity index (χ2n) is 4.34. The van der Waals surface area contributed by atoms with E-state index in [1.165, 1.54) is 6.07 Å². The van der Waals surface area contributed by atoms with Gasteiger partial charge >= 0.3 is 0 Å². The van der Waals surface area contributed by atoms with Gasteiger partial charge in [-0.15, -0.1) is 0 Å². The minimum atomic E-state index is -0.467. The van der Waals surface area contributed by atoms with E-state index in [0.29, 0.717) is 21.8 Å². The largest absolute Gasteiger partial charge is 0.380 e. The molecule has 0 heterocycles. The average Bonchev–Trinajstić information content (AvgIpc) is 2.49. The van der Waals surface area contributed by atoms with Gasteiger partial charge in [-0.1, -0.05) is 35.3 Å². The number of carbonyl (C=O) groups excluding carboxylic acids is 1. The SMILES string of the molecule is CNC(=O)c1ccc(Cl)c(NCc2cccc(Cl)c2F)c1. The zero-order valence-corrected chi connectivity index (χ0v) is 12.7. The van der Waals surface area contributed by atoms with Crippen LogP contribution >= 0.6 is 23.2 Å². The normalized spacial score (nSPS) is 10.3. The summed E-state index contributed by atoms with van der Waals surface area (Å²) in [5.41, 5.74) is 1.44. The molecule has 2 aromatic carbocycles. The molecule has 0 spiro atoms. The lowest BCUT2D eigenvalue weighted by atomic mass is 10.1. The standard InChI is InChI=1S/C15H13Cl2FN2O/c1-19-15(21)9-5-6-11(16)13(7-9)20-8-10-3-2-4-12(17)14(10)18/h2-7,20H,8H2,1H3,(H,19,21). The van der Waals surface area contributed by atoms with E-state index in [2.05, 4.69) is 10.6 Å². The molecule has 1 amide bonds. The summed E-state index contributed by atoms with van der Waals surface area (Å²) in [6.45, 7) is 0.212. The maximum absolute atomic E-state index is 13.8. The van der Waals surface area contributed by atoms with Crippen LogP contribution in [0.4, 0.5) is 10.1 Å². The maximum atomic E-state index is 13.8. The van der Waals surface area contributed by atoms with Crippen molar-refractivity contribution in [2.75, 3.05) is 12.4 Å². The molecule has 0 fully saturated rings. The number of benzene rings is 2. The van der Waals surface area contributed by atoms with Gasteiger partial charge in [0.25, 0.3) is 5.91 Å². The molecule has 0 saturated heterocycles. The van der Waals surface area contributed by atoms with Crippen molar-refractivity contribution in [3.05, 3.63) is 63.4 Å². The highest BCUT2D eigenvalue weighted by Crippen LogP contribution is 2.25. The Morgan fingerprint density at radius 3 is 2.67 bits per heavy atom. The van der Waals surface area contributed by atoms with E-state index in [-0.39, 0.29) is 17.5 Å². The third-order valence-electron chi connectivity index (χ3n) is 2.96. The molecular formula is C15H13Cl2FN2O. The summed E-state index contributed by atoms with van der Waals surface area (Å²) in [6.07, 6.45) is 0. The van der Waals surface area contributed by atoms with Crippen LogP contribution in [0.15, 0.2) is 36.4 Å². The van der Waals surface area contributed by atoms with Crippen LogP contribution in [-0.4, -0.2) is 13.0 Å². The fourth-order valence-electron chi connectivity index (χ4n) is 1.82. The van der Waals surface area contributed by atoms with E-state index < -0.39 is 5.82 Å². The second kappa shape index (κ2) is 6.78. The zero-order valence-electron chi connectivity index (χ0n) is 11.2. The molecule has 0 aliphatic heterocycles. The van der Waals surface area contributed by atoms with Gasteiger partial charge in [0, 0.05) is 24.7 Å². The van der Waals surface area contributed by atoms with Crippen molar-refractivity contribution in [3.63, 3.8) is 0 Å². The summed E-state index contributed by atoms with van der Waals surface area (Å²) in [4.78, 5) is 11.6. The first-order chi connectivity index (χ1) is 10.0. The van der Waals surface area contributed by atoms with Crippen LogP contribution in [0, 0.1) is 5.82 Å². The molecule has 110 valence electrons. The first-order valence-corrected chi connectivity index (χ1v) is 6.97. The lowest BCUT2D eigenvalue weighted by Crippen LogP contribution is -2.17. The van der Waals surface area contributed by atoms with Crippen molar-refractivity contribution in [2.24, 2.45) is 0 Å². The number of hydrogen-bond donors (Lipinski definition) is 2. The van der Waals surface area contributed by atoms with Gasteiger partial charge in [0.1, 0.15) is 5.82 Å². The summed E-state index contributed by atoms with van der Waals surface area (Å²) in [6, 6.07) is 9.63. The van der Waals surface area contributed by atoms with E-state index in [1.807, 2.05) is 0 Å². The molecule has 0 aliphatic carbocycles. The van der Waals surface area contributed by atoms with Gasteiger partial charge in [-0.3, -0.25) is 4.79 Å². The molecule has 0 unspecified atom stereocenters. The fourth-order valence-corrected chi connectivity index (χ4v) is 2.20. The van der Waals surface area contributed by atoms with Gasteiger partial charge in [0.2, 0.25) is 0 Å². The Labute approximate surface area is 132 Å². The number of amides is 1. The van der Waals surface area contributed by atoms with E-state index >= 15 is 0 Å². The molecule has 6 heteroatoms. The highest BCUT2D eigenvalue weighted by atomic mass is 35.5. The number of anilines is 1. The van der Waals surface area contributed by atoms with Gasteiger partial charge in [0.15, 0.2) is 0 Å². The number of hydrogen-bond acceptors (Lipinski definition) is 2. The molecule has 0 atom stereocenters. The molecule has 2 N–H and O–H groups in total. The Bertz CT molecular complexity index is 677. The van der Waals surface area contributed by atoms with Gasteiger partial charge in [-0.25, -0.2) is 4.39 Å². The van der Waals surface area contributed by atoms with Crippen LogP contribution < -0.4 is 10.6 Å². The van der Waals surface area contributed by atoms with Crippen molar-refractivity contribution in [1.29, 1.82) is 0 Å². The van der Waals surface area contributed by atoms with Gasteiger partial charge in [0.05, 0.1) is 15.7 Å². The lowest BCUT2D eigenvalue weighted by Gasteiger charge is -2.11.